The van der Waals surface area contributed by atoms with Gasteiger partial charge in [0.1, 0.15) is 6.04 Å². The minimum Gasteiger partial charge on any atom is -0.353 e. The molecule has 1 heterocycles. The normalized spacial score (nSPS) is 12.2. The maximum absolute atomic E-state index is 12.2. The highest BCUT2D eigenvalue weighted by Gasteiger charge is 2.17. The van der Waals surface area contributed by atoms with Crippen LogP contribution in [0.25, 0.3) is 11.3 Å². The van der Waals surface area contributed by atoms with Crippen molar-refractivity contribution in [1.29, 1.82) is 0 Å². The largest absolute Gasteiger partial charge is 0.353 e. The van der Waals surface area contributed by atoms with Gasteiger partial charge in [-0.15, -0.1) is 0 Å². The van der Waals surface area contributed by atoms with E-state index >= 15 is 0 Å². The molecule has 6 heteroatoms. The fraction of sp³-hybridized carbons (Fsp3) is 0.389. The Morgan fingerprint density at radius 2 is 1.88 bits per heavy atom. The van der Waals surface area contributed by atoms with Gasteiger partial charge in [-0.3, -0.25) is 9.59 Å². The van der Waals surface area contributed by atoms with Crippen molar-refractivity contribution in [2.75, 3.05) is 27.2 Å². The van der Waals surface area contributed by atoms with E-state index in [1.165, 1.54) is 10.7 Å². The molecule has 0 aliphatic carbocycles. The zero-order valence-electron chi connectivity index (χ0n) is 14.6. The zero-order chi connectivity index (χ0) is 17.7. The molecule has 0 radical (unpaired) electrons. The number of aromatic nitrogens is 2. The summed E-state index contributed by atoms with van der Waals surface area (Å²) in [5.74, 6) is -0.215. The summed E-state index contributed by atoms with van der Waals surface area (Å²) in [6, 6.07) is 10.4. The number of nitrogens with zero attached hydrogens (tertiary/aromatic N) is 3. The van der Waals surface area contributed by atoms with Crippen LogP contribution in [0.15, 0.2) is 41.2 Å². The maximum atomic E-state index is 12.2. The van der Waals surface area contributed by atoms with Crippen molar-refractivity contribution in [3.8, 4) is 11.3 Å². The lowest BCUT2D eigenvalue weighted by Gasteiger charge is -2.16. The molecule has 0 spiro atoms. The van der Waals surface area contributed by atoms with E-state index in [9.17, 15) is 9.59 Å². The molecule has 2 rings (SSSR count). The smallest absolute Gasteiger partial charge is 0.267 e. The van der Waals surface area contributed by atoms with Gasteiger partial charge in [0, 0.05) is 24.7 Å². The number of hydrogen-bond donors (Lipinski definition) is 1. The fourth-order valence-corrected chi connectivity index (χ4v) is 2.24. The highest BCUT2D eigenvalue weighted by atomic mass is 16.2. The summed E-state index contributed by atoms with van der Waals surface area (Å²) >= 11 is 0. The molecular formula is C18H24N4O2. The third kappa shape index (κ3) is 4.52. The van der Waals surface area contributed by atoms with Crippen LogP contribution in [0, 0.1) is 6.92 Å². The number of aryl methyl sites for hydroxylation is 1. The van der Waals surface area contributed by atoms with E-state index in [0.29, 0.717) is 12.2 Å². The maximum Gasteiger partial charge on any atom is 0.267 e. The van der Waals surface area contributed by atoms with Crippen molar-refractivity contribution in [3.05, 3.63) is 52.3 Å². The van der Waals surface area contributed by atoms with E-state index in [4.69, 9.17) is 0 Å². The molecule has 0 aliphatic rings. The van der Waals surface area contributed by atoms with Crippen molar-refractivity contribution in [2.45, 2.75) is 19.9 Å². The van der Waals surface area contributed by atoms with Crippen molar-refractivity contribution in [3.63, 3.8) is 0 Å². The second-order valence-corrected chi connectivity index (χ2v) is 6.14. The molecule has 0 fully saturated rings. The van der Waals surface area contributed by atoms with Gasteiger partial charge >= 0.3 is 0 Å². The molecule has 24 heavy (non-hydrogen) atoms. The Labute approximate surface area is 142 Å². The Bertz CT molecular complexity index is 750. The number of carbonyl (C=O) groups excluding carboxylic acids is 1. The average molecular weight is 328 g/mol. The Hall–Kier alpha value is -2.47. The van der Waals surface area contributed by atoms with E-state index in [1.807, 2.05) is 50.2 Å². The molecule has 1 aromatic heterocycles. The van der Waals surface area contributed by atoms with Crippen molar-refractivity contribution >= 4 is 5.91 Å². The number of hydrogen-bond acceptors (Lipinski definition) is 4. The number of likely N-dealkylation sites (N-methyl/N-ethyl adjacent to an activating group) is 1. The van der Waals surface area contributed by atoms with Crippen molar-refractivity contribution in [2.24, 2.45) is 0 Å². The van der Waals surface area contributed by atoms with Crippen LogP contribution in [0.4, 0.5) is 0 Å². The Kier molecular flexibility index (Phi) is 5.87. The summed E-state index contributed by atoms with van der Waals surface area (Å²) in [5, 5.41) is 7.20. The van der Waals surface area contributed by atoms with Gasteiger partial charge in [-0.25, -0.2) is 4.68 Å². The topological polar surface area (TPSA) is 67.2 Å². The summed E-state index contributed by atoms with van der Waals surface area (Å²) in [4.78, 5) is 26.3. The van der Waals surface area contributed by atoms with Crippen molar-refractivity contribution < 1.29 is 4.79 Å². The summed E-state index contributed by atoms with van der Waals surface area (Å²) < 4.78 is 1.24. The molecule has 0 saturated heterocycles. The third-order valence-electron chi connectivity index (χ3n) is 3.78. The summed E-state index contributed by atoms with van der Waals surface area (Å²) in [6.45, 7) is 4.96. The summed E-state index contributed by atoms with van der Waals surface area (Å²) in [6.07, 6.45) is 0. The van der Waals surface area contributed by atoms with Gasteiger partial charge in [0.25, 0.3) is 5.56 Å². The molecule has 1 amide bonds. The van der Waals surface area contributed by atoms with Gasteiger partial charge in [0.15, 0.2) is 0 Å². The van der Waals surface area contributed by atoms with Crippen LogP contribution in [0.1, 0.15) is 18.5 Å². The number of rotatable bonds is 6. The third-order valence-corrected chi connectivity index (χ3v) is 3.78. The van der Waals surface area contributed by atoms with E-state index < -0.39 is 6.04 Å². The number of nitrogens with one attached hydrogen (secondary N) is 1. The van der Waals surface area contributed by atoms with Crippen LogP contribution in [0.5, 0.6) is 0 Å². The summed E-state index contributed by atoms with van der Waals surface area (Å²) in [5.41, 5.74) is 2.44. The van der Waals surface area contributed by atoms with Gasteiger partial charge in [0.05, 0.1) is 5.69 Å². The van der Waals surface area contributed by atoms with Crippen LogP contribution in [0.3, 0.4) is 0 Å². The minimum atomic E-state index is -0.662. The Balaban J connectivity index is 2.20. The lowest BCUT2D eigenvalue weighted by molar-refractivity contribution is -0.124. The van der Waals surface area contributed by atoms with Gasteiger partial charge < -0.3 is 10.2 Å². The molecule has 0 bridgehead atoms. The molecule has 1 N–H and O–H groups in total. The molecule has 1 unspecified atom stereocenters. The van der Waals surface area contributed by atoms with Crippen LogP contribution in [0.2, 0.25) is 0 Å². The van der Waals surface area contributed by atoms with E-state index in [-0.39, 0.29) is 11.5 Å². The zero-order valence-corrected chi connectivity index (χ0v) is 14.6. The number of carbonyl (C=O) groups is 1. The summed E-state index contributed by atoms with van der Waals surface area (Å²) in [7, 11) is 3.87. The quantitative estimate of drug-likeness (QED) is 0.872. The second kappa shape index (κ2) is 7.88. The van der Waals surface area contributed by atoms with Crippen LogP contribution < -0.4 is 10.9 Å². The molecule has 1 aromatic carbocycles. The second-order valence-electron chi connectivity index (χ2n) is 6.14. The van der Waals surface area contributed by atoms with Gasteiger partial charge in [-0.2, -0.15) is 5.10 Å². The average Bonchev–Trinajstić information content (AvgIpc) is 2.55. The Morgan fingerprint density at radius 3 is 2.50 bits per heavy atom. The lowest BCUT2D eigenvalue weighted by atomic mass is 10.1. The highest BCUT2D eigenvalue weighted by molar-refractivity contribution is 5.79. The van der Waals surface area contributed by atoms with E-state index in [0.717, 1.165) is 17.7 Å². The first-order valence-corrected chi connectivity index (χ1v) is 7.98. The molecule has 6 nitrogen and oxygen atoms in total. The fourth-order valence-electron chi connectivity index (χ4n) is 2.24. The molecular weight excluding hydrogens is 304 g/mol. The van der Waals surface area contributed by atoms with Gasteiger partial charge in [0.2, 0.25) is 5.91 Å². The van der Waals surface area contributed by atoms with E-state index in [1.54, 1.807) is 13.0 Å². The first-order valence-electron chi connectivity index (χ1n) is 7.98. The Morgan fingerprint density at radius 1 is 1.21 bits per heavy atom. The standard InChI is InChI=1S/C18H24N4O2/c1-13-5-7-15(8-6-13)16-9-10-17(23)22(20-16)14(2)18(24)19-11-12-21(3)4/h5-10,14H,11-12H2,1-4H3,(H,19,24). The first-order chi connectivity index (χ1) is 11.4. The number of benzene rings is 1. The molecule has 128 valence electrons. The predicted octanol–water partition coefficient (Wildman–Crippen LogP) is 1.46. The molecule has 1 atom stereocenters. The molecule has 2 aromatic rings. The number of amides is 1. The van der Waals surface area contributed by atoms with Gasteiger partial charge in [-0.05, 0) is 34.0 Å². The van der Waals surface area contributed by atoms with Crippen molar-refractivity contribution in [1.82, 2.24) is 20.0 Å². The SMILES string of the molecule is Cc1ccc(-c2ccc(=O)n(C(C)C(=O)NCCN(C)C)n2)cc1. The monoisotopic (exact) mass is 328 g/mol. The highest BCUT2D eigenvalue weighted by Crippen LogP contribution is 2.16. The van der Waals surface area contributed by atoms with Crippen LogP contribution in [-0.4, -0.2) is 47.8 Å². The molecule has 0 saturated carbocycles. The minimum absolute atomic E-state index is 0.215. The van der Waals surface area contributed by atoms with Crippen LogP contribution >= 0.6 is 0 Å². The first kappa shape index (κ1) is 17.9. The lowest BCUT2D eigenvalue weighted by Crippen LogP contribution is -2.39. The van der Waals surface area contributed by atoms with Crippen LogP contribution in [-0.2, 0) is 4.79 Å². The van der Waals surface area contributed by atoms with E-state index in [2.05, 4.69) is 10.4 Å². The molecule has 0 aliphatic heterocycles. The predicted molar refractivity (Wildman–Crippen MR) is 94.9 cm³/mol. The van der Waals surface area contributed by atoms with Gasteiger partial charge in [-0.1, -0.05) is 29.8 Å².